The molecule has 0 aliphatic heterocycles. The summed E-state index contributed by atoms with van der Waals surface area (Å²) >= 11 is 1.89. The lowest BCUT2D eigenvalue weighted by Gasteiger charge is -2.01. The van der Waals surface area contributed by atoms with E-state index in [2.05, 4.69) is 61.0 Å². The highest BCUT2D eigenvalue weighted by Gasteiger charge is 2.09. The van der Waals surface area contributed by atoms with Gasteiger partial charge in [0, 0.05) is 22.8 Å². The highest BCUT2D eigenvalue weighted by molar-refractivity contribution is 7.15. The maximum Gasteiger partial charge on any atom is 0.0590 e. The number of nitrogens with zero attached hydrogens (tertiary/aromatic N) is 1. The van der Waals surface area contributed by atoms with Crippen LogP contribution in [0.15, 0.2) is 42.5 Å². The quantitative estimate of drug-likeness (QED) is 0.624. The summed E-state index contributed by atoms with van der Waals surface area (Å²) in [7, 11) is 2.14. The van der Waals surface area contributed by atoms with Gasteiger partial charge in [0.2, 0.25) is 0 Å². The van der Waals surface area contributed by atoms with E-state index in [0.29, 0.717) is 0 Å². The van der Waals surface area contributed by atoms with Gasteiger partial charge >= 0.3 is 0 Å². The molecule has 0 fully saturated rings. The lowest BCUT2D eigenvalue weighted by Crippen LogP contribution is -1.88. The van der Waals surface area contributed by atoms with Crippen LogP contribution in [0.4, 0.5) is 0 Å². The van der Waals surface area contributed by atoms with Gasteiger partial charge in [0.25, 0.3) is 0 Å². The molecule has 0 bridgehead atoms. The van der Waals surface area contributed by atoms with Crippen LogP contribution in [-0.2, 0) is 13.5 Å². The minimum absolute atomic E-state index is 1.12. The van der Waals surface area contributed by atoms with E-state index in [1.54, 1.807) is 0 Å². The first-order valence-electron chi connectivity index (χ1n) is 5.93. The van der Waals surface area contributed by atoms with Crippen LogP contribution in [0.25, 0.3) is 21.5 Å². The number of hydrogen-bond donors (Lipinski definition) is 0. The van der Waals surface area contributed by atoms with Crippen molar-refractivity contribution in [3.8, 4) is 10.6 Å². The molecule has 0 aliphatic carbocycles. The van der Waals surface area contributed by atoms with Crippen molar-refractivity contribution in [2.45, 2.75) is 13.3 Å². The fraction of sp³-hybridized carbons (Fsp3) is 0.200. The highest BCUT2D eigenvalue weighted by Crippen LogP contribution is 2.32. The van der Waals surface area contributed by atoms with E-state index in [1.165, 1.54) is 26.4 Å². The number of thiophene rings is 1. The molecule has 2 heteroatoms. The molecule has 0 saturated heterocycles. The predicted octanol–water partition coefficient (Wildman–Crippen LogP) is 4.47. The number of aryl methyl sites for hydroxylation is 2. The van der Waals surface area contributed by atoms with Crippen molar-refractivity contribution in [2.24, 2.45) is 7.05 Å². The Hall–Kier alpha value is -1.54. The van der Waals surface area contributed by atoms with Crippen molar-refractivity contribution < 1.29 is 0 Å². The van der Waals surface area contributed by atoms with E-state index < -0.39 is 0 Å². The van der Waals surface area contributed by atoms with Crippen LogP contribution in [-0.4, -0.2) is 4.57 Å². The summed E-state index contributed by atoms with van der Waals surface area (Å²) in [6.45, 7) is 2.21. The van der Waals surface area contributed by atoms with Gasteiger partial charge in [0.1, 0.15) is 0 Å². The van der Waals surface area contributed by atoms with E-state index >= 15 is 0 Å². The Kier molecular flexibility index (Phi) is 2.52. The average Bonchev–Trinajstić information content (AvgIpc) is 2.95. The van der Waals surface area contributed by atoms with Gasteiger partial charge in [0.15, 0.2) is 0 Å². The summed E-state index contributed by atoms with van der Waals surface area (Å²) in [5.41, 5.74) is 2.62. The molecule has 3 rings (SSSR count). The maximum absolute atomic E-state index is 2.28. The summed E-state index contributed by atoms with van der Waals surface area (Å²) in [5.74, 6) is 0. The fourth-order valence-corrected chi connectivity index (χ4v) is 3.23. The maximum atomic E-state index is 2.28. The third kappa shape index (κ3) is 1.69. The summed E-state index contributed by atoms with van der Waals surface area (Å²) in [5, 5.41) is 1.32. The second kappa shape index (κ2) is 4.04. The molecule has 0 unspecified atom stereocenters. The summed E-state index contributed by atoms with van der Waals surface area (Å²) in [6.07, 6.45) is 1.12. The molecule has 0 saturated carbocycles. The molecule has 0 N–H and O–H groups in total. The summed E-state index contributed by atoms with van der Waals surface area (Å²) < 4.78 is 2.28. The first-order chi connectivity index (χ1) is 8.29. The third-order valence-corrected chi connectivity index (χ3v) is 4.47. The molecule has 17 heavy (non-hydrogen) atoms. The monoisotopic (exact) mass is 241 g/mol. The Morgan fingerprint density at radius 2 is 1.94 bits per heavy atom. The number of para-hydroxylation sites is 1. The SMILES string of the molecule is CCc1ccc(-c2cc3ccccc3n2C)s1. The molecule has 1 aromatic carbocycles. The van der Waals surface area contributed by atoms with Crippen LogP contribution < -0.4 is 0 Å². The molecule has 86 valence electrons. The number of benzene rings is 1. The zero-order valence-electron chi connectivity index (χ0n) is 10.1. The third-order valence-electron chi connectivity index (χ3n) is 3.21. The van der Waals surface area contributed by atoms with Gasteiger partial charge in [0.05, 0.1) is 10.6 Å². The standard InChI is InChI=1S/C15H15NS/c1-3-12-8-9-15(17-12)14-10-11-6-4-5-7-13(11)16(14)2/h4-10H,3H2,1-2H3. The van der Waals surface area contributed by atoms with Gasteiger partial charge < -0.3 is 4.57 Å². The first kappa shape index (κ1) is 10.6. The zero-order valence-corrected chi connectivity index (χ0v) is 10.9. The van der Waals surface area contributed by atoms with E-state index in [4.69, 9.17) is 0 Å². The molecule has 0 spiro atoms. The summed E-state index contributed by atoms with van der Waals surface area (Å²) in [6, 6.07) is 15.3. The second-order valence-corrected chi connectivity index (χ2v) is 5.44. The lowest BCUT2D eigenvalue weighted by molar-refractivity contribution is 0.981. The van der Waals surface area contributed by atoms with Gasteiger partial charge in [-0.1, -0.05) is 25.1 Å². The largest absolute Gasteiger partial charge is 0.343 e. The molecule has 3 aromatic rings. The Balaban J connectivity index is 2.20. The van der Waals surface area contributed by atoms with Gasteiger partial charge in [-0.15, -0.1) is 11.3 Å². The number of rotatable bonds is 2. The van der Waals surface area contributed by atoms with Crippen molar-refractivity contribution in [1.29, 1.82) is 0 Å². The minimum Gasteiger partial charge on any atom is -0.343 e. The van der Waals surface area contributed by atoms with Crippen LogP contribution in [0.2, 0.25) is 0 Å². The molecule has 0 atom stereocenters. The van der Waals surface area contributed by atoms with Crippen LogP contribution in [0.3, 0.4) is 0 Å². The van der Waals surface area contributed by atoms with Crippen molar-refractivity contribution in [2.75, 3.05) is 0 Å². The van der Waals surface area contributed by atoms with Gasteiger partial charge in [-0.2, -0.15) is 0 Å². The van der Waals surface area contributed by atoms with E-state index in [1.807, 2.05) is 11.3 Å². The van der Waals surface area contributed by atoms with Crippen LogP contribution in [0.1, 0.15) is 11.8 Å². The normalized spacial score (nSPS) is 11.2. The molecule has 2 aromatic heterocycles. The lowest BCUT2D eigenvalue weighted by atomic mass is 10.2. The van der Waals surface area contributed by atoms with E-state index in [-0.39, 0.29) is 0 Å². The van der Waals surface area contributed by atoms with Gasteiger partial charge in [-0.3, -0.25) is 0 Å². The van der Waals surface area contributed by atoms with Crippen LogP contribution >= 0.6 is 11.3 Å². The topological polar surface area (TPSA) is 4.93 Å². The predicted molar refractivity (Wildman–Crippen MR) is 75.6 cm³/mol. The zero-order chi connectivity index (χ0) is 11.8. The minimum atomic E-state index is 1.12. The molecule has 2 heterocycles. The molecule has 0 radical (unpaired) electrons. The van der Waals surface area contributed by atoms with Crippen molar-refractivity contribution in [3.63, 3.8) is 0 Å². The van der Waals surface area contributed by atoms with Crippen LogP contribution in [0.5, 0.6) is 0 Å². The fourth-order valence-electron chi connectivity index (χ4n) is 2.23. The van der Waals surface area contributed by atoms with Gasteiger partial charge in [-0.25, -0.2) is 0 Å². The second-order valence-electron chi connectivity index (χ2n) is 4.27. The molecular formula is C15H15NS. The summed E-state index contributed by atoms with van der Waals surface area (Å²) in [4.78, 5) is 2.81. The Morgan fingerprint density at radius 3 is 2.65 bits per heavy atom. The first-order valence-corrected chi connectivity index (χ1v) is 6.75. The number of fused-ring (bicyclic) bond motifs is 1. The molecular weight excluding hydrogens is 226 g/mol. The Morgan fingerprint density at radius 1 is 1.12 bits per heavy atom. The molecule has 0 amide bonds. The van der Waals surface area contributed by atoms with E-state index in [9.17, 15) is 0 Å². The number of aromatic nitrogens is 1. The Labute approximate surface area is 105 Å². The smallest absolute Gasteiger partial charge is 0.0590 e. The Bertz CT molecular complexity index is 660. The average molecular weight is 241 g/mol. The van der Waals surface area contributed by atoms with Crippen molar-refractivity contribution in [1.82, 2.24) is 4.57 Å². The molecule has 0 aliphatic rings. The number of hydrogen-bond acceptors (Lipinski definition) is 1. The van der Waals surface area contributed by atoms with Crippen LogP contribution in [0, 0.1) is 0 Å². The van der Waals surface area contributed by atoms with Crippen molar-refractivity contribution in [3.05, 3.63) is 47.3 Å². The molecule has 1 nitrogen and oxygen atoms in total. The van der Waals surface area contributed by atoms with Gasteiger partial charge in [-0.05, 0) is 30.7 Å². The van der Waals surface area contributed by atoms with Crippen molar-refractivity contribution >= 4 is 22.2 Å². The highest BCUT2D eigenvalue weighted by atomic mass is 32.1. The van der Waals surface area contributed by atoms with E-state index in [0.717, 1.165) is 6.42 Å².